The topological polar surface area (TPSA) is 46.5 Å². The van der Waals surface area contributed by atoms with Crippen molar-refractivity contribution in [3.63, 3.8) is 0 Å². The molecule has 0 saturated carbocycles. The minimum absolute atomic E-state index is 0.0641. The van der Waals surface area contributed by atoms with Crippen molar-refractivity contribution in [3.8, 4) is 0 Å². The fourth-order valence-corrected chi connectivity index (χ4v) is 1.91. The molecule has 1 fully saturated rings. The third-order valence-electron chi connectivity index (χ3n) is 3.12. The Bertz CT molecular complexity index is 203. The highest BCUT2D eigenvalue weighted by atomic mass is 16.5. The smallest absolute Gasteiger partial charge is 0.311 e. The van der Waals surface area contributed by atoms with E-state index in [1.54, 1.807) is 6.92 Å². The molecule has 0 amide bonds. The van der Waals surface area contributed by atoms with E-state index >= 15 is 0 Å². The minimum Gasteiger partial charge on any atom is -0.462 e. The standard InChI is InChI=1S/C11H20O3/c1-4-5-6-9-7(2)10(12)8(3)11(13)14-9/h7-10,12H,4-6H2,1-3H3/t7-,8-,9+,10-/m0/s1. The summed E-state index contributed by atoms with van der Waals surface area (Å²) < 4.78 is 5.28. The van der Waals surface area contributed by atoms with Crippen LogP contribution >= 0.6 is 0 Å². The van der Waals surface area contributed by atoms with Crippen molar-refractivity contribution < 1.29 is 14.6 Å². The zero-order valence-electron chi connectivity index (χ0n) is 9.19. The lowest BCUT2D eigenvalue weighted by Gasteiger charge is -2.36. The Hall–Kier alpha value is -0.570. The third kappa shape index (κ3) is 2.27. The molecule has 0 radical (unpaired) electrons. The molecular formula is C11H20O3. The van der Waals surface area contributed by atoms with Gasteiger partial charge in [-0.25, -0.2) is 0 Å². The summed E-state index contributed by atoms with van der Waals surface area (Å²) in [7, 11) is 0. The normalized spacial score (nSPS) is 38.1. The predicted octanol–water partition coefficient (Wildman–Crippen LogP) is 1.74. The molecule has 0 aromatic rings. The van der Waals surface area contributed by atoms with Gasteiger partial charge in [-0.05, 0) is 13.3 Å². The second-order valence-corrected chi connectivity index (χ2v) is 4.26. The number of unbranched alkanes of at least 4 members (excludes halogenated alkanes) is 1. The van der Waals surface area contributed by atoms with Crippen LogP contribution in [0.3, 0.4) is 0 Å². The van der Waals surface area contributed by atoms with Crippen molar-refractivity contribution in [1.82, 2.24) is 0 Å². The summed E-state index contributed by atoms with van der Waals surface area (Å²) in [6, 6.07) is 0. The molecule has 82 valence electrons. The van der Waals surface area contributed by atoms with Crippen molar-refractivity contribution >= 4 is 5.97 Å². The van der Waals surface area contributed by atoms with Crippen molar-refractivity contribution in [2.75, 3.05) is 0 Å². The molecule has 0 aromatic carbocycles. The summed E-state index contributed by atoms with van der Waals surface area (Å²) in [4.78, 5) is 11.3. The maximum absolute atomic E-state index is 11.3. The molecule has 0 unspecified atom stereocenters. The van der Waals surface area contributed by atoms with Crippen LogP contribution < -0.4 is 0 Å². The molecule has 0 aliphatic carbocycles. The van der Waals surface area contributed by atoms with Crippen LogP contribution in [0, 0.1) is 11.8 Å². The highest BCUT2D eigenvalue weighted by Gasteiger charge is 2.39. The van der Waals surface area contributed by atoms with Crippen LogP contribution in [-0.4, -0.2) is 23.3 Å². The van der Waals surface area contributed by atoms with Gasteiger partial charge >= 0.3 is 5.97 Å². The Morgan fingerprint density at radius 1 is 1.43 bits per heavy atom. The first-order valence-electron chi connectivity index (χ1n) is 5.46. The number of ether oxygens (including phenoxy) is 1. The van der Waals surface area contributed by atoms with Gasteiger partial charge in [0.1, 0.15) is 6.10 Å². The second kappa shape index (κ2) is 4.78. The quantitative estimate of drug-likeness (QED) is 0.706. The van der Waals surface area contributed by atoms with Gasteiger partial charge in [0, 0.05) is 5.92 Å². The summed E-state index contributed by atoms with van der Waals surface area (Å²) in [6.07, 6.45) is 2.37. The van der Waals surface area contributed by atoms with Crippen molar-refractivity contribution in [1.29, 1.82) is 0 Å². The highest BCUT2D eigenvalue weighted by molar-refractivity contribution is 5.73. The maximum atomic E-state index is 11.3. The summed E-state index contributed by atoms with van der Waals surface area (Å²) in [5.41, 5.74) is 0. The number of esters is 1. The van der Waals surface area contributed by atoms with Gasteiger partial charge in [-0.1, -0.05) is 26.7 Å². The summed E-state index contributed by atoms with van der Waals surface area (Å²) in [6.45, 7) is 5.78. The van der Waals surface area contributed by atoms with Gasteiger partial charge in [0.25, 0.3) is 0 Å². The first kappa shape index (κ1) is 11.5. The van der Waals surface area contributed by atoms with Gasteiger partial charge in [-0.15, -0.1) is 0 Å². The van der Waals surface area contributed by atoms with Crippen LogP contribution in [0.25, 0.3) is 0 Å². The Balaban J connectivity index is 2.56. The van der Waals surface area contributed by atoms with E-state index < -0.39 is 6.10 Å². The lowest BCUT2D eigenvalue weighted by Crippen LogP contribution is -2.46. The first-order valence-corrected chi connectivity index (χ1v) is 5.46. The minimum atomic E-state index is -0.543. The molecule has 14 heavy (non-hydrogen) atoms. The average molecular weight is 200 g/mol. The highest BCUT2D eigenvalue weighted by Crippen LogP contribution is 2.28. The van der Waals surface area contributed by atoms with Crippen LogP contribution in [0.15, 0.2) is 0 Å². The van der Waals surface area contributed by atoms with Crippen LogP contribution in [-0.2, 0) is 9.53 Å². The van der Waals surface area contributed by atoms with E-state index in [1.165, 1.54) is 0 Å². The average Bonchev–Trinajstić information content (AvgIpc) is 2.18. The summed E-state index contributed by atoms with van der Waals surface area (Å²) in [5, 5.41) is 9.79. The molecule has 1 heterocycles. The number of cyclic esters (lactones) is 1. The Kier molecular flexibility index (Phi) is 3.93. The number of hydrogen-bond donors (Lipinski definition) is 1. The van der Waals surface area contributed by atoms with E-state index in [-0.39, 0.29) is 23.9 Å². The van der Waals surface area contributed by atoms with E-state index in [0.717, 1.165) is 19.3 Å². The van der Waals surface area contributed by atoms with Crippen LogP contribution in [0.2, 0.25) is 0 Å². The van der Waals surface area contributed by atoms with E-state index in [1.807, 2.05) is 6.92 Å². The Morgan fingerprint density at radius 2 is 2.07 bits per heavy atom. The number of carbonyl (C=O) groups excluding carboxylic acids is 1. The molecular weight excluding hydrogens is 180 g/mol. The number of hydrogen-bond acceptors (Lipinski definition) is 3. The lowest BCUT2D eigenvalue weighted by molar-refractivity contribution is -0.177. The van der Waals surface area contributed by atoms with Gasteiger partial charge in [-0.3, -0.25) is 4.79 Å². The fraction of sp³-hybridized carbons (Fsp3) is 0.909. The molecule has 0 spiro atoms. The number of rotatable bonds is 3. The van der Waals surface area contributed by atoms with Gasteiger partial charge in [-0.2, -0.15) is 0 Å². The predicted molar refractivity (Wildman–Crippen MR) is 53.7 cm³/mol. The van der Waals surface area contributed by atoms with Gasteiger partial charge in [0.15, 0.2) is 0 Å². The second-order valence-electron chi connectivity index (χ2n) is 4.26. The number of aliphatic hydroxyl groups is 1. The van der Waals surface area contributed by atoms with Gasteiger partial charge < -0.3 is 9.84 Å². The van der Waals surface area contributed by atoms with E-state index in [2.05, 4.69) is 6.92 Å². The Labute approximate surface area is 85.5 Å². The third-order valence-corrected chi connectivity index (χ3v) is 3.12. The molecule has 1 saturated heterocycles. The Morgan fingerprint density at radius 3 is 2.64 bits per heavy atom. The molecule has 0 bridgehead atoms. The SMILES string of the molecule is CCCC[C@H]1OC(=O)[C@@H](C)[C@@H](O)[C@H]1C. The van der Waals surface area contributed by atoms with Crippen LogP contribution in [0.4, 0.5) is 0 Å². The van der Waals surface area contributed by atoms with E-state index in [9.17, 15) is 9.90 Å². The van der Waals surface area contributed by atoms with Crippen molar-refractivity contribution in [2.45, 2.75) is 52.2 Å². The molecule has 1 rings (SSSR count). The molecule has 0 aromatic heterocycles. The monoisotopic (exact) mass is 200 g/mol. The fourth-order valence-electron chi connectivity index (χ4n) is 1.91. The summed E-state index contributed by atoms with van der Waals surface area (Å²) >= 11 is 0. The summed E-state index contributed by atoms with van der Waals surface area (Å²) in [5.74, 6) is -0.561. The zero-order chi connectivity index (χ0) is 10.7. The van der Waals surface area contributed by atoms with Crippen molar-refractivity contribution in [2.24, 2.45) is 11.8 Å². The molecule has 1 N–H and O–H groups in total. The lowest BCUT2D eigenvalue weighted by atomic mass is 9.84. The van der Waals surface area contributed by atoms with Crippen LogP contribution in [0.5, 0.6) is 0 Å². The van der Waals surface area contributed by atoms with Gasteiger partial charge in [0.2, 0.25) is 0 Å². The van der Waals surface area contributed by atoms with E-state index in [4.69, 9.17) is 4.74 Å². The molecule has 3 heteroatoms. The molecule has 4 atom stereocenters. The zero-order valence-corrected chi connectivity index (χ0v) is 9.19. The number of aliphatic hydroxyl groups excluding tert-OH is 1. The molecule has 1 aliphatic rings. The maximum Gasteiger partial charge on any atom is 0.311 e. The van der Waals surface area contributed by atoms with Gasteiger partial charge in [0.05, 0.1) is 12.0 Å². The largest absolute Gasteiger partial charge is 0.462 e. The number of carbonyl (C=O) groups is 1. The van der Waals surface area contributed by atoms with Crippen molar-refractivity contribution in [3.05, 3.63) is 0 Å². The molecule has 3 nitrogen and oxygen atoms in total. The van der Waals surface area contributed by atoms with E-state index in [0.29, 0.717) is 0 Å². The van der Waals surface area contributed by atoms with Crippen LogP contribution in [0.1, 0.15) is 40.0 Å². The molecule has 1 aliphatic heterocycles. The first-order chi connectivity index (χ1) is 6.57.